The van der Waals surface area contributed by atoms with Crippen LogP contribution in [-0.4, -0.2) is 50.0 Å². The molecule has 0 aromatic heterocycles. The summed E-state index contributed by atoms with van der Waals surface area (Å²) >= 11 is 9.49. The maximum absolute atomic E-state index is 13.9. The van der Waals surface area contributed by atoms with Crippen LogP contribution in [0.3, 0.4) is 0 Å². The summed E-state index contributed by atoms with van der Waals surface area (Å²) < 4.78 is 27.3. The minimum Gasteiger partial charge on any atom is -0.352 e. The van der Waals surface area contributed by atoms with Gasteiger partial charge in [0.1, 0.15) is 6.04 Å². The van der Waals surface area contributed by atoms with Crippen molar-refractivity contribution in [3.63, 3.8) is 0 Å². The molecule has 0 spiro atoms. The van der Waals surface area contributed by atoms with Gasteiger partial charge in [0.15, 0.2) is 0 Å². The van der Waals surface area contributed by atoms with Gasteiger partial charge >= 0.3 is 0 Å². The molecule has 0 aliphatic rings. The molecule has 0 unspecified atom stereocenters. The molecule has 0 fully saturated rings. The van der Waals surface area contributed by atoms with Crippen molar-refractivity contribution in [2.45, 2.75) is 58.2 Å². The van der Waals surface area contributed by atoms with Crippen molar-refractivity contribution >= 4 is 55.1 Å². The van der Waals surface area contributed by atoms with Crippen LogP contribution in [0.2, 0.25) is 5.02 Å². The Labute approximate surface area is 257 Å². The Kier molecular flexibility index (Phi) is 12.2. The van der Waals surface area contributed by atoms with Gasteiger partial charge in [-0.2, -0.15) is 0 Å². The molecule has 0 aliphatic heterocycles. The molecule has 3 rings (SSSR count). The van der Waals surface area contributed by atoms with E-state index in [1.54, 1.807) is 29.2 Å². The lowest BCUT2D eigenvalue weighted by molar-refractivity contribution is -0.141. The van der Waals surface area contributed by atoms with E-state index in [-0.39, 0.29) is 43.8 Å². The molecule has 10 heteroatoms. The summed E-state index contributed by atoms with van der Waals surface area (Å²) in [6, 6.07) is 23.0. The van der Waals surface area contributed by atoms with Crippen molar-refractivity contribution in [1.29, 1.82) is 0 Å². The Balaban J connectivity index is 1.89. The van der Waals surface area contributed by atoms with Crippen LogP contribution in [0.25, 0.3) is 0 Å². The van der Waals surface area contributed by atoms with Crippen molar-refractivity contribution in [2.75, 3.05) is 17.1 Å². The van der Waals surface area contributed by atoms with E-state index < -0.39 is 16.1 Å². The zero-order valence-electron chi connectivity index (χ0n) is 23.6. The number of nitrogens with zero attached hydrogens (tertiary/aromatic N) is 2. The minimum absolute atomic E-state index is 0.0497. The van der Waals surface area contributed by atoms with Gasteiger partial charge in [0.05, 0.1) is 11.9 Å². The number of carbonyl (C=O) groups is 2. The molecule has 0 saturated heterocycles. The average Bonchev–Trinajstić information content (AvgIpc) is 2.93. The van der Waals surface area contributed by atoms with Crippen LogP contribution in [0, 0.1) is 0 Å². The summed E-state index contributed by atoms with van der Waals surface area (Å²) in [5, 5.41) is 3.56. The standard InChI is InChI=1S/C31H37BrClN3O4S/c1-4-23(2)34-31(38)29(21-24-10-6-5-7-11-24)35(22-25-12-8-13-26(32)20-25)30(37)14-9-19-36(41(3,39)40)28-17-15-27(33)16-18-28/h5-8,10-13,15-18,20,23,29H,4,9,14,19,21-22H2,1-3H3,(H,34,38)/t23-,29-/m0/s1. The molecule has 3 aromatic rings. The van der Waals surface area contributed by atoms with Gasteiger partial charge in [-0.05, 0) is 67.3 Å². The largest absolute Gasteiger partial charge is 0.352 e. The van der Waals surface area contributed by atoms with Crippen molar-refractivity contribution in [3.05, 3.63) is 99.5 Å². The summed E-state index contributed by atoms with van der Waals surface area (Å²) in [7, 11) is -3.59. The Bertz CT molecular complexity index is 1400. The molecule has 2 atom stereocenters. The van der Waals surface area contributed by atoms with E-state index in [0.717, 1.165) is 28.3 Å². The molecule has 0 saturated carbocycles. The van der Waals surface area contributed by atoms with E-state index in [4.69, 9.17) is 11.6 Å². The molecule has 41 heavy (non-hydrogen) atoms. The predicted octanol–water partition coefficient (Wildman–Crippen LogP) is 6.20. The first-order chi connectivity index (χ1) is 19.5. The number of amides is 2. The maximum Gasteiger partial charge on any atom is 0.243 e. The summed E-state index contributed by atoms with van der Waals surface area (Å²) in [5.41, 5.74) is 2.29. The molecule has 0 bridgehead atoms. The average molecular weight is 663 g/mol. The highest BCUT2D eigenvalue weighted by Gasteiger charge is 2.31. The highest BCUT2D eigenvalue weighted by atomic mass is 79.9. The highest BCUT2D eigenvalue weighted by molar-refractivity contribution is 9.10. The SMILES string of the molecule is CC[C@H](C)NC(=O)[C@H](Cc1ccccc1)N(Cc1cccc(Br)c1)C(=O)CCCN(c1ccc(Cl)cc1)S(C)(=O)=O. The molecule has 3 aromatic carbocycles. The van der Waals surface area contributed by atoms with Crippen LogP contribution in [-0.2, 0) is 32.6 Å². The van der Waals surface area contributed by atoms with Gasteiger partial charge in [0.2, 0.25) is 21.8 Å². The fourth-order valence-corrected chi connectivity index (χ4v) is 5.98. The van der Waals surface area contributed by atoms with Crippen LogP contribution in [0.5, 0.6) is 0 Å². The molecule has 0 heterocycles. The third kappa shape index (κ3) is 10.2. The first-order valence-corrected chi connectivity index (χ1v) is 16.6. The lowest BCUT2D eigenvalue weighted by Gasteiger charge is -2.32. The van der Waals surface area contributed by atoms with Crippen molar-refractivity contribution < 1.29 is 18.0 Å². The lowest BCUT2D eigenvalue weighted by Crippen LogP contribution is -2.52. The lowest BCUT2D eigenvalue weighted by atomic mass is 10.0. The van der Waals surface area contributed by atoms with E-state index >= 15 is 0 Å². The Hall–Kier alpha value is -2.88. The second-order valence-electron chi connectivity index (χ2n) is 10.1. The number of rotatable bonds is 14. The third-order valence-corrected chi connectivity index (χ3v) is 8.72. The fourth-order valence-electron chi connectivity index (χ4n) is 4.44. The molecule has 2 amide bonds. The summed E-state index contributed by atoms with van der Waals surface area (Å²) in [5.74, 6) is -0.444. The van der Waals surface area contributed by atoms with Crippen LogP contribution < -0.4 is 9.62 Å². The Morgan fingerprint density at radius 3 is 2.24 bits per heavy atom. The Morgan fingerprint density at radius 2 is 1.63 bits per heavy atom. The first kappa shape index (κ1) is 32.6. The fraction of sp³-hybridized carbons (Fsp3) is 0.355. The molecular formula is C31H37BrClN3O4S. The van der Waals surface area contributed by atoms with E-state index in [9.17, 15) is 18.0 Å². The summed E-state index contributed by atoms with van der Waals surface area (Å²) in [6.07, 6.45) is 2.58. The molecule has 0 radical (unpaired) electrons. The van der Waals surface area contributed by atoms with E-state index in [0.29, 0.717) is 17.1 Å². The summed E-state index contributed by atoms with van der Waals surface area (Å²) in [4.78, 5) is 29.1. The predicted molar refractivity (Wildman–Crippen MR) is 169 cm³/mol. The molecular weight excluding hydrogens is 626 g/mol. The van der Waals surface area contributed by atoms with E-state index in [1.807, 2.05) is 68.4 Å². The zero-order chi connectivity index (χ0) is 30.0. The highest BCUT2D eigenvalue weighted by Crippen LogP contribution is 2.23. The molecule has 1 N–H and O–H groups in total. The minimum atomic E-state index is -3.59. The van der Waals surface area contributed by atoms with Gasteiger partial charge in [0, 0.05) is 41.5 Å². The number of halogens is 2. The Morgan fingerprint density at radius 1 is 0.976 bits per heavy atom. The number of nitrogens with one attached hydrogen (secondary N) is 1. The van der Waals surface area contributed by atoms with Crippen LogP contribution >= 0.6 is 27.5 Å². The molecule has 7 nitrogen and oxygen atoms in total. The normalized spacial score (nSPS) is 12.8. The number of anilines is 1. The first-order valence-electron chi connectivity index (χ1n) is 13.6. The number of benzene rings is 3. The van der Waals surface area contributed by atoms with Gasteiger partial charge in [-0.15, -0.1) is 0 Å². The topological polar surface area (TPSA) is 86.8 Å². The molecule has 0 aliphatic carbocycles. The quantitative estimate of drug-likeness (QED) is 0.223. The second kappa shape index (κ2) is 15.4. The third-order valence-electron chi connectivity index (χ3n) is 6.78. The molecule has 220 valence electrons. The van der Waals surface area contributed by atoms with Crippen molar-refractivity contribution in [2.24, 2.45) is 0 Å². The van der Waals surface area contributed by atoms with Crippen molar-refractivity contribution in [1.82, 2.24) is 10.2 Å². The maximum atomic E-state index is 13.9. The van der Waals surface area contributed by atoms with E-state index in [2.05, 4.69) is 21.2 Å². The smallest absolute Gasteiger partial charge is 0.243 e. The van der Waals surface area contributed by atoms with Gasteiger partial charge < -0.3 is 10.2 Å². The number of carbonyl (C=O) groups excluding carboxylic acids is 2. The number of hydrogen-bond acceptors (Lipinski definition) is 4. The zero-order valence-corrected chi connectivity index (χ0v) is 26.8. The number of hydrogen-bond donors (Lipinski definition) is 1. The van der Waals surface area contributed by atoms with Gasteiger partial charge in [-0.25, -0.2) is 8.42 Å². The van der Waals surface area contributed by atoms with Crippen molar-refractivity contribution in [3.8, 4) is 0 Å². The van der Waals surface area contributed by atoms with Gasteiger partial charge in [-0.3, -0.25) is 13.9 Å². The van der Waals surface area contributed by atoms with Crippen LogP contribution in [0.4, 0.5) is 5.69 Å². The van der Waals surface area contributed by atoms with Gasteiger partial charge in [-0.1, -0.05) is 76.9 Å². The van der Waals surface area contributed by atoms with Gasteiger partial charge in [0.25, 0.3) is 0 Å². The van der Waals surface area contributed by atoms with E-state index in [1.165, 1.54) is 4.31 Å². The van der Waals surface area contributed by atoms with Crippen LogP contribution in [0.15, 0.2) is 83.3 Å². The second-order valence-corrected chi connectivity index (χ2v) is 13.3. The van der Waals surface area contributed by atoms with Crippen LogP contribution in [0.1, 0.15) is 44.2 Å². The summed E-state index contributed by atoms with van der Waals surface area (Å²) in [6.45, 7) is 4.28. The number of sulfonamides is 1. The monoisotopic (exact) mass is 661 g/mol.